The molecular weight excluding hydrogens is 332 g/mol. The molecule has 2 fully saturated rings. The average Bonchev–Trinajstić information content (AvgIpc) is 3.11. The van der Waals surface area contributed by atoms with Crippen molar-refractivity contribution in [1.82, 2.24) is 24.8 Å². The number of thioether (sulfide) groups is 1. The second kappa shape index (κ2) is 5.04. The van der Waals surface area contributed by atoms with Crippen LogP contribution in [0.15, 0.2) is 11.5 Å². The van der Waals surface area contributed by atoms with E-state index in [2.05, 4.69) is 20.3 Å². The maximum Gasteiger partial charge on any atom is 0.229 e. The zero-order valence-corrected chi connectivity index (χ0v) is 14.0. The Morgan fingerprint density at radius 3 is 2.92 bits per heavy atom. The molecule has 0 aliphatic heterocycles. The van der Waals surface area contributed by atoms with Gasteiger partial charge in [0.15, 0.2) is 16.6 Å². The van der Waals surface area contributed by atoms with Gasteiger partial charge in [0.1, 0.15) is 11.6 Å². The molecule has 0 aromatic carbocycles. The molecule has 5 atom stereocenters. The lowest BCUT2D eigenvalue weighted by atomic mass is 9.98. The number of fused-ring (bicyclic) bond motifs is 2. The Morgan fingerprint density at radius 1 is 1.50 bits per heavy atom. The number of nitrogens with two attached hydrogens (primary N) is 1. The minimum Gasteiger partial charge on any atom is -0.389 e. The van der Waals surface area contributed by atoms with Gasteiger partial charge in [0.2, 0.25) is 5.91 Å². The van der Waals surface area contributed by atoms with Crippen molar-refractivity contribution in [2.24, 2.45) is 11.3 Å². The van der Waals surface area contributed by atoms with Gasteiger partial charge < -0.3 is 25.8 Å². The van der Waals surface area contributed by atoms with Gasteiger partial charge in [-0.2, -0.15) is 0 Å². The summed E-state index contributed by atoms with van der Waals surface area (Å²) in [5.74, 6) is -0.150. The van der Waals surface area contributed by atoms with Crippen molar-refractivity contribution in [3.8, 4) is 0 Å². The second-order valence-corrected chi connectivity index (χ2v) is 7.05. The highest BCUT2D eigenvalue weighted by Crippen LogP contribution is 2.67. The van der Waals surface area contributed by atoms with Crippen molar-refractivity contribution in [2.45, 2.75) is 29.8 Å². The van der Waals surface area contributed by atoms with Crippen LogP contribution in [0.4, 0.5) is 5.82 Å². The van der Waals surface area contributed by atoms with Crippen molar-refractivity contribution < 1.29 is 15.0 Å². The Hall–Kier alpha value is -1.91. The van der Waals surface area contributed by atoms with Crippen LogP contribution in [-0.4, -0.2) is 61.2 Å². The Morgan fingerprint density at radius 2 is 2.25 bits per heavy atom. The smallest absolute Gasteiger partial charge is 0.229 e. The van der Waals surface area contributed by atoms with Crippen molar-refractivity contribution in [3.05, 3.63) is 6.33 Å². The number of amides is 1. The molecule has 2 unspecified atom stereocenters. The van der Waals surface area contributed by atoms with Gasteiger partial charge in [-0.05, 0) is 12.7 Å². The third kappa shape index (κ3) is 1.78. The van der Waals surface area contributed by atoms with Gasteiger partial charge in [-0.25, -0.2) is 15.0 Å². The molecule has 24 heavy (non-hydrogen) atoms. The molecule has 4 rings (SSSR count). The molecule has 0 saturated heterocycles. The number of anilines is 1. The van der Waals surface area contributed by atoms with E-state index in [1.807, 2.05) is 6.26 Å². The number of rotatable bonds is 3. The van der Waals surface area contributed by atoms with Gasteiger partial charge in [-0.3, -0.25) is 4.79 Å². The highest BCUT2D eigenvalue weighted by molar-refractivity contribution is 7.98. The monoisotopic (exact) mass is 350 g/mol. The average molecular weight is 350 g/mol. The quantitative estimate of drug-likeness (QED) is 0.415. The molecule has 5 N–H and O–H groups in total. The van der Waals surface area contributed by atoms with Gasteiger partial charge in [0, 0.05) is 13.0 Å². The first-order chi connectivity index (χ1) is 11.5. The molecule has 0 bridgehead atoms. The number of hydrogen-bond donors (Lipinski definition) is 4. The van der Waals surface area contributed by atoms with Crippen molar-refractivity contribution in [3.63, 3.8) is 0 Å². The zero-order valence-electron chi connectivity index (χ0n) is 13.2. The van der Waals surface area contributed by atoms with Crippen molar-refractivity contribution >= 4 is 34.7 Å². The molecule has 2 saturated carbocycles. The largest absolute Gasteiger partial charge is 0.389 e. The summed E-state index contributed by atoms with van der Waals surface area (Å²) in [6, 6.07) is -0.480. The number of carbonyl (C=O) groups excluding carboxylic acids is 1. The van der Waals surface area contributed by atoms with Crippen molar-refractivity contribution in [2.75, 3.05) is 19.0 Å². The second-order valence-electron chi connectivity index (χ2n) is 6.28. The van der Waals surface area contributed by atoms with Gasteiger partial charge in [-0.1, -0.05) is 11.8 Å². The summed E-state index contributed by atoms with van der Waals surface area (Å²) in [5.41, 5.74) is 5.95. The van der Waals surface area contributed by atoms with E-state index in [1.54, 1.807) is 10.9 Å². The lowest BCUT2D eigenvalue weighted by Crippen LogP contribution is -2.41. The highest BCUT2D eigenvalue weighted by Gasteiger charge is 2.75. The molecule has 1 amide bonds. The van der Waals surface area contributed by atoms with Crippen LogP contribution in [0.2, 0.25) is 0 Å². The van der Waals surface area contributed by atoms with Crippen molar-refractivity contribution in [1.29, 1.82) is 0 Å². The van der Waals surface area contributed by atoms with Gasteiger partial charge in [-0.15, -0.1) is 0 Å². The summed E-state index contributed by atoms with van der Waals surface area (Å²) in [7, 11) is 1.53. The molecule has 10 heteroatoms. The van der Waals surface area contributed by atoms with Gasteiger partial charge >= 0.3 is 0 Å². The zero-order chi connectivity index (χ0) is 17.2. The Bertz CT molecular complexity index is 841. The number of carbonyl (C=O) groups is 1. The number of nitrogen functional groups attached to an aromatic ring is 1. The summed E-state index contributed by atoms with van der Waals surface area (Å²) in [6.45, 7) is 0. The number of aliphatic hydroxyl groups excluding tert-OH is 2. The van der Waals surface area contributed by atoms with Crippen LogP contribution >= 0.6 is 11.8 Å². The van der Waals surface area contributed by atoms with E-state index < -0.39 is 23.7 Å². The van der Waals surface area contributed by atoms with Crippen LogP contribution in [0.3, 0.4) is 0 Å². The highest BCUT2D eigenvalue weighted by atomic mass is 32.2. The number of aromatic nitrogens is 4. The van der Waals surface area contributed by atoms with Gasteiger partial charge in [0.25, 0.3) is 0 Å². The number of hydrogen-bond acceptors (Lipinski definition) is 8. The van der Waals surface area contributed by atoms with E-state index in [9.17, 15) is 15.0 Å². The summed E-state index contributed by atoms with van der Waals surface area (Å²) in [4.78, 5) is 25.1. The summed E-state index contributed by atoms with van der Waals surface area (Å²) in [5, 5.41) is 24.1. The first kappa shape index (κ1) is 15.6. The standard InChI is InChI=1S/C14H18N6O3S/c1-16-12(23)14-3-5(14)7(8(21)9(14)22)20-4-17-6-10(15)18-13(24-2)19-11(6)20/h4-5,7-9,21-22H,3H2,1-2H3,(H,16,23)(H2,15,18,19)/t5-,7-,8?,9?,14+/m1/s1. The molecule has 9 nitrogen and oxygen atoms in total. The van der Waals surface area contributed by atoms with Crippen LogP contribution < -0.4 is 11.1 Å². The third-order valence-electron chi connectivity index (χ3n) is 5.25. The number of imidazole rings is 1. The molecule has 2 aromatic heterocycles. The van der Waals surface area contributed by atoms with Gasteiger partial charge in [0.05, 0.1) is 23.9 Å². The Kier molecular flexibility index (Phi) is 3.28. The lowest BCUT2D eigenvalue weighted by molar-refractivity contribution is -0.132. The first-order valence-corrected chi connectivity index (χ1v) is 8.80. The third-order valence-corrected chi connectivity index (χ3v) is 5.80. The summed E-state index contributed by atoms with van der Waals surface area (Å²) in [6.07, 6.45) is 1.70. The number of nitrogens with zero attached hydrogens (tertiary/aromatic N) is 4. The number of aliphatic hydroxyl groups is 2. The van der Waals surface area contributed by atoms with E-state index in [0.717, 1.165) is 0 Å². The Balaban J connectivity index is 1.82. The first-order valence-electron chi connectivity index (χ1n) is 7.58. The fourth-order valence-corrected chi connectivity index (χ4v) is 4.38. The normalized spacial score (nSPS) is 34.3. The van der Waals surface area contributed by atoms with E-state index in [4.69, 9.17) is 5.73 Å². The van der Waals surface area contributed by atoms with Crippen LogP contribution in [-0.2, 0) is 4.79 Å². The summed E-state index contributed by atoms with van der Waals surface area (Å²) < 4.78 is 1.71. The van der Waals surface area contributed by atoms with E-state index >= 15 is 0 Å². The minimum atomic E-state index is -1.12. The molecule has 2 aromatic rings. The van der Waals surface area contributed by atoms with Crippen LogP contribution in [0.5, 0.6) is 0 Å². The minimum absolute atomic E-state index is 0.172. The SMILES string of the molecule is CNC(=O)[C@@]12C[C@@H]1[C@@H](n1cnc3c(N)nc(SC)nc31)C(O)C2O. The molecule has 128 valence electrons. The summed E-state index contributed by atoms with van der Waals surface area (Å²) >= 11 is 1.35. The molecule has 2 heterocycles. The molecule has 0 spiro atoms. The molecular formula is C14H18N6O3S. The number of nitrogens with one attached hydrogen (secondary N) is 1. The van der Waals surface area contributed by atoms with E-state index in [-0.39, 0.29) is 17.6 Å². The fraction of sp³-hybridized carbons (Fsp3) is 0.571. The van der Waals surface area contributed by atoms with Crippen LogP contribution in [0.25, 0.3) is 11.2 Å². The molecule has 2 aliphatic carbocycles. The maximum atomic E-state index is 12.2. The predicted molar refractivity (Wildman–Crippen MR) is 87.2 cm³/mol. The van der Waals surface area contributed by atoms with Crippen LogP contribution in [0, 0.1) is 11.3 Å². The lowest BCUT2D eigenvalue weighted by Gasteiger charge is -2.23. The molecule has 2 aliphatic rings. The van der Waals surface area contributed by atoms with E-state index in [1.165, 1.54) is 18.8 Å². The topological polar surface area (TPSA) is 139 Å². The maximum absolute atomic E-state index is 12.2. The predicted octanol–water partition coefficient (Wildman–Crippen LogP) is -0.841. The van der Waals surface area contributed by atoms with Crippen LogP contribution in [0.1, 0.15) is 12.5 Å². The Labute approximate surface area is 141 Å². The fourth-order valence-electron chi connectivity index (χ4n) is 4.01. The molecule has 0 radical (unpaired) electrons. The van der Waals surface area contributed by atoms with E-state index in [0.29, 0.717) is 22.7 Å².